The van der Waals surface area contributed by atoms with E-state index in [1.54, 1.807) is 6.92 Å². The van der Waals surface area contributed by atoms with Crippen molar-refractivity contribution in [3.8, 4) is 5.75 Å². The molecule has 2 heterocycles. The Labute approximate surface area is 171 Å². The smallest absolute Gasteiger partial charge is 0.339 e. The summed E-state index contributed by atoms with van der Waals surface area (Å²) in [5.74, 6) is 0.575. The number of likely N-dealkylation sites (tertiary alicyclic amines) is 1. The molecule has 1 aliphatic heterocycles. The Balaban J connectivity index is 1.54. The second-order valence-electron chi connectivity index (χ2n) is 8.51. The Morgan fingerprint density at radius 2 is 1.93 bits per heavy atom. The maximum Gasteiger partial charge on any atom is 0.339 e. The summed E-state index contributed by atoms with van der Waals surface area (Å²) in [6.45, 7) is 5.69. The molecular formula is C23H30N2O4. The van der Waals surface area contributed by atoms with Crippen molar-refractivity contribution < 1.29 is 13.9 Å². The molecule has 29 heavy (non-hydrogen) atoms. The van der Waals surface area contributed by atoms with Crippen molar-refractivity contribution in [1.29, 1.82) is 0 Å². The first-order valence-electron chi connectivity index (χ1n) is 10.6. The first-order valence-corrected chi connectivity index (χ1v) is 10.6. The molecule has 0 radical (unpaired) electrons. The van der Waals surface area contributed by atoms with Gasteiger partial charge in [-0.15, -0.1) is 0 Å². The number of aryl methyl sites for hydroxylation is 2. The molecule has 6 nitrogen and oxygen atoms in total. The second-order valence-corrected chi connectivity index (χ2v) is 8.51. The first-order chi connectivity index (χ1) is 13.9. The summed E-state index contributed by atoms with van der Waals surface area (Å²) in [5.41, 5.74) is 3.04. The van der Waals surface area contributed by atoms with Gasteiger partial charge in [0, 0.05) is 29.6 Å². The molecule has 4 rings (SSSR count). The quantitative estimate of drug-likeness (QED) is 0.741. The third kappa shape index (κ3) is 3.66. The van der Waals surface area contributed by atoms with Crippen LogP contribution in [0.3, 0.4) is 0 Å². The highest BCUT2D eigenvalue weighted by atomic mass is 16.5. The van der Waals surface area contributed by atoms with Gasteiger partial charge in [-0.3, -0.25) is 4.79 Å². The zero-order chi connectivity index (χ0) is 20.7. The first kappa shape index (κ1) is 20.0. The number of rotatable bonds is 4. The molecule has 1 aromatic carbocycles. The van der Waals surface area contributed by atoms with Gasteiger partial charge in [-0.1, -0.05) is 0 Å². The van der Waals surface area contributed by atoms with Crippen molar-refractivity contribution in [1.82, 2.24) is 9.80 Å². The molecule has 0 bridgehead atoms. The molecule has 1 aliphatic carbocycles. The van der Waals surface area contributed by atoms with E-state index in [1.807, 2.05) is 31.0 Å². The molecule has 0 N–H and O–H groups in total. The minimum Gasteiger partial charge on any atom is -0.480 e. The highest BCUT2D eigenvalue weighted by Crippen LogP contribution is 2.33. The summed E-state index contributed by atoms with van der Waals surface area (Å²) < 4.78 is 11.7. The molecule has 1 aromatic heterocycles. The van der Waals surface area contributed by atoms with Gasteiger partial charge in [-0.05, 0) is 83.8 Å². The molecule has 1 amide bonds. The number of hydrogen-bond acceptors (Lipinski definition) is 5. The normalized spacial score (nSPS) is 18.6. The molecule has 1 saturated heterocycles. The molecular weight excluding hydrogens is 368 g/mol. The maximum atomic E-state index is 12.9. The molecule has 6 heteroatoms. The number of amides is 1. The lowest BCUT2D eigenvalue weighted by Crippen LogP contribution is -2.48. The average molecular weight is 399 g/mol. The standard InChI is InChI=1S/C23H30N2O4/c1-14-20(9-8-18-17-6-5-7-19(17)23(27)29-21(14)18)28-15(2)22(26)25(4)16-10-12-24(3)13-11-16/h8-9,15-16H,5-7,10-13H2,1-4H3. The van der Waals surface area contributed by atoms with E-state index in [4.69, 9.17) is 9.15 Å². The van der Waals surface area contributed by atoms with E-state index < -0.39 is 6.10 Å². The number of benzene rings is 1. The third-order valence-electron chi connectivity index (χ3n) is 6.58. The van der Waals surface area contributed by atoms with E-state index in [2.05, 4.69) is 11.9 Å². The molecule has 1 fully saturated rings. The zero-order valence-corrected chi connectivity index (χ0v) is 17.8. The number of hydrogen-bond donors (Lipinski definition) is 0. The van der Waals surface area contributed by atoms with Gasteiger partial charge in [-0.2, -0.15) is 0 Å². The maximum absolute atomic E-state index is 12.9. The summed E-state index contributed by atoms with van der Waals surface area (Å²) in [6.07, 6.45) is 4.06. The molecule has 2 aliphatic rings. The van der Waals surface area contributed by atoms with Crippen LogP contribution in [-0.4, -0.2) is 55.0 Å². The lowest BCUT2D eigenvalue weighted by molar-refractivity contribution is -0.139. The van der Waals surface area contributed by atoms with Gasteiger partial charge in [0.2, 0.25) is 0 Å². The fourth-order valence-electron chi connectivity index (χ4n) is 4.68. The van der Waals surface area contributed by atoms with Gasteiger partial charge in [0.1, 0.15) is 11.3 Å². The number of piperidine rings is 1. The molecule has 2 aromatic rings. The van der Waals surface area contributed by atoms with Crippen LogP contribution < -0.4 is 10.4 Å². The van der Waals surface area contributed by atoms with Gasteiger partial charge >= 0.3 is 5.63 Å². The van der Waals surface area contributed by atoms with Crippen LogP contribution in [0.15, 0.2) is 21.3 Å². The number of nitrogens with zero attached hydrogens (tertiary/aromatic N) is 2. The minimum atomic E-state index is -0.600. The van der Waals surface area contributed by atoms with E-state index >= 15 is 0 Å². The summed E-state index contributed by atoms with van der Waals surface area (Å²) in [5, 5.41) is 0.990. The van der Waals surface area contributed by atoms with E-state index in [0.717, 1.165) is 67.3 Å². The number of carbonyl (C=O) groups excluding carboxylic acids is 1. The van der Waals surface area contributed by atoms with Crippen LogP contribution in [0, 0.1) is 6.92 Å². The number of fused-ring (bicyclic) bond motifs is 3. The zero-order valence-electron chi connectivity index (χ0n) is 17.8. The van der Waals surface area contributed by atoms with E-state index in [-0.39, 0.29) is 17.6 Å². The van der Waals surface area contributed by atoms with Crippen molar-refractivity contribution in [2.45, 2.75) is 58.1 Å². The molecule has 1 atom stereocenters. The van der Waals surface area contributed by atoms with Crippen molar-refractivity contribution in [2.75, 3.05) is 27.2 Å². The summed E-state index contributed by atoms with van der Waals surface area (Å²) in [6, 6.07) is 4.11. The van der Waals surface area contributed by atoms with Crippen molar-refractivity contribution in [3.63, 3.8) is 0 Å². The Hall–Kier alpha value is -2.34. The lowest BCUT2D eigenvalue weighted by atomic mass is 10.0. The fourth-order valence-corrected chi connectivity index (χ4v) is 4.68. The minimum absolute atomic E-state index is 0.0190. The number of likely N-dealkylation sites (N-methyl/N-ethyl adjacent to an activating group) is 1. The number of ether oxygens (including phenoxy) is 1. The van der Waals surface area contributed by atoms with Crippen LogP contribution in [0.25, 0.3) is 11.0 Å². The van der Waals surface area contributed by atoms with E-state index in [9.17, 15) is 9.59 Å². The van der Waals surface area contributed by atoms with E-state index in [1.165, 1.54) is 0 Å². The van der Waals surface area contributed by atoms with Crippen LogP contribution in [0.5, 0.6) is 5.75 Å². The van der Waals surface area contributed by atoms with Crippen molar-refractivity contribution in [3.05, 3.63) is 39.2 Å². The highest BCUT2D eigenvalue weighted by Gasteiger charge is 2.28. The van der Waals surface area contributed by atoms with Crippen LogP contribution >= 0.6 is 0 Å². The Morgan fingerprint density at radius 3 is 2.66 bits per heavy atom. The lowest BCUT2D eigenvalue weighted by Gasteiger charge is -2.36. The van der Waals surface area contributed by atoms with Crippen LogP contribution in [-0.2, 0) is 17.6 Å². The Kier molecular flexibility index (Phi) is 5.38. The van der Waals surface area contributed by atoms with Gasteiger partial charge in [-0.25, -0.2) is 4.79 Å². The third-order valence-corrected chi connectivity index (χ3v) is 6.58. The molecule has 1 unspecified atom stereocenters. The van der Waals surface area contributed by atoms with Crippen LogP contribution in [0.4, 0.5) is 0 Å². The van der Waals surface area contributed by atoms with Crippen molar-refractivity contribution >= 4 is 16.9 Å². The summed E-state index contributed by atoms with van der Waals surface area (Å²) in [7, 11) is 3.98. The molecule has 0 spiro atoms. The summed E-state index contributed by atoms with van der Waals surface area (Å²) in [4.78, 5) is 29.4. The predicted octanol–water partition coefficient (Wildman–Crippen LogP) is 2.91. The predicted molar refractivity (Wildman–Crippen MR) is 113 cm³/mol. The Morgan fingerprint density at radius 1 is 1.24 bits per heavy atom. The van der Waals surface area contributed by atoms with Crippen molar-refractivity contribution in [2.24, 2.45) is 0 Å². The summed E-state index contributed by atoms with van der Waals surface area (Å²) >= 11 is 0. The molecule has 0 saturated carbocycles. The monoisotopic (exact) mass is 398 g/mol. The van der Waals surface area contributed by atoms with Crippen LogP contribution in [0.1, 0.15) is 42.9 Å². The van der Waals surface area contributed by atoms with E-state index in [0.29, 0.717) is 11.3 Å². The largest absolute Gasteiger partial charge is 0.480 e. The van der Waals surface area contributed by atoms with Gasteiger partial charge in [0.05, 0.1) is 0 Å². The van der Waals surface area contributed by atoms with Crippen LogP contribution in [0.2, 0.25) is 0 Å². The van der Waals surface area contributed by atoms with Gasteiger partial charge in [0.15, 0.2) is 6.10 Å². The topological polar surface area (TPSA) is 63.0 Å². The van der Waals surface area contributed by atoms with Gasteiger partial charge < -0.3 is 19.0 Å². The second kappa shape index (κ2) is 7.82. The average Bonchev–Trinajstić information content (AvgIpc) is 3.21. The Bertz CT molecular complexity index is 989. The molecule has 156 valence electrons. The number of carbonyl (C=O) groups is 1. The van der Waals surface area contributed by atoms with Gasteiger partial charge in [0.25, 0.3) is 5.91 Å². The fraction of sp³-hybridized carbons (Fsp3) is 0.565. The SMILES string of the molecule is Cc1c(OC(C)C(=O)N(C)C2CCN(C)CC2)ccc2c3c(c(=O)oc12)CCC3. The highest BCUT2D eigenvalue weighted by molar-refractivity contribution is 5.86.